The highest BCUT2D eigenvalue weighted by Crippen LogP contribution is 2.18. The molecule has 1 aromatic rings. The third kappa shape index (κ3) is 4.02. The van der Waals surface area contributed by atoms with Crippen molar-refractivity contribution in [2.45, 2.75) is 0 Å². The average molecular weight is 265 g/mol. The lowest BCUT2D eigenvalue weighted by atomic mass is 10.1. The molecule has 1 aromatic carbocycles. The van der Waals surface area contributed by atoms with Crippen molar-refractivity contribution in [3.8, 4) is 5.75 Å². The van der Waals surface area contributed by atoms with E-state index in [9.17, 15) is 4.79 Å². The Balaban J connectivity index is 1.86. The summed E-state index contributed by atoms with van der Waals surface area (Å²) >= 11 is 0. The van der Waals surface area contributed by atoms with Gasteiger partial charge in [0.25, 0.3) is 0 Å². The molecule has 1 heterocycles. The van der Waals surface area contributed by atoms with Crippen molar-refractivity contribution in [1.29, 1.82) is 0 Å². The van der Waals surface area contributed by atoms with E-state index in [-0.39, 0.29) is 5.78 Å². The van der Waals surface area contributed by atoms with Gasteiger partial charge in [-0.25, -0.2) is 0 Å². The molecule has 0 aromatic heterocycles. The molecule has 0 spiro atoms. The number of aliphatic hydroxyl groups excluding tert-OH is 1. The van der Waals surface area contributed by atoms with Crippen LogP contribution in [0.1, 0.15) is 10.4 Å². The number of carbonyl (C=O) groups excluding carboxylic acids is 1. The van der Waals surface area contributed by atoms with Gasteiger partial charge in [0.2, 0.25) is 0 Å². The maximum Gasteiger partial charge on any atom is 0.191 e. The van der Waals surface area contributed by atoms with Crippen LogP contribution in [0.4, 0.5) is 0 Å². The molecular formula is C14H19NO4. The molecule has 5 nitrogen and oxygen atoms in total. The van der Waals surface area contributed by atoms with Crippen molar-refractivity contribution < 1.29 is 19.4 Å². The van der Waals surface area contributed by atoms with Crippen LogP contribution in [0.25, 0.3) is 0 Å². The smallest absolute Gasteiger partial charge is 0.191 e. The van der Waals surface area contributed by atoms with Gasteiger partial charge in [0.1, 0.15) is 19.0 Å². The number of ether oxygens (including phenoxy) is 2. The van der Waals surface area contributed by atoms with E-state index in [4.69, 9.17) is 14.6 Å². The fraction of sp³-hybridized carbons (Fsp3) is 0.500. The summed E-state index contributed by atoms with van der Waals surface area (Å²) in [4.78, 5) is 13.8. The standard InChI is InChI=1S/C14H19NO4/c16-11-13(17)12-3-1-2-4-14(12)19-10-7-15-5-8-18-9-6-15/h1-4,16H,5-11H2. The van der Waals surface area contributed by atoms with E-state index in [1.165, 1.54) is 0 Å². The summed E-state index contributed by atoms with van der Waals surface area (Å²) in [6, 6.07) is 7.00. The third-order valence-electron chi connectivity index (χ3n) is 3.10. The SMILES string of the molecule is O=C(CO)c1ccccc1OCCN1CCOCC1. The fourth-order valence-electron chi connectivity index (χ4n) is 2.02. The molecule has 1 aliphatic heterocycles. The molecule has 0 amide bonds. The number of ketones is 1. The Labute approximate surface area is 112 Å². The van der Waals surface area contributed by atoms with E-state index in [0.29, 0.717) is 17.9 Å². The first-order valence-electron chi connectivity index (χ1n) is 6.47. The summed E-state index contributed by atoms with van der Waals surface area (Å²) in [6.45, 7) is 4.20. The van der Waals surface area contributed by atoms with E-state index in [1.54, 1.807) is 18.2 Å². The molecule has 0 radical (unpaired) electrons. The molecule has 0 unspecified atom stereocenters. The zero-order valence-electron chi connectivity index (χ0n) is 10.9. The van der Waals surface area contributed by atoms with Gasteiger partial charge in [-0.1, -0.05) is 12.1 Å². The van der Waals surface area contributed by atoms with Crippen LogP contribution in [-0.2, 0) is 4.74 Å². The topological polar surface area (TPSA) is 59.0 Å². The minimum atomic E-state index is -0.496. The summed E-state index contributed by atoms with van der Waals surface area (Å²) < 4.78 is 10.9. The summed E-state index contributed by atoms with van der Waals surface area (Å²) in [5.74, 6) is 0.219. The molecule has 0 saturated carbocycles. The third-order valence-corrected chi connectivity index (χ3v) is 3.10. The van der Waals surface area contributed by atoms with Crippen LogP contribution in [0, 0.1) is 0 Å². The lowest BCUT2D eigenvalue weighted by Gasteiger charge is -2.26. The largest absolute Gasteiger partial charge is 0.491 e. The number of carbonyl (C=O) groups is 1. The first kappa shape index (κ1) is 14.0. The summed E-state index contributed by atoms with van der Waals surface area (Å²) in [5.41, 5.74) is 0.437. The fourth-order valence-corrected chi connectivity index (χ4v) is 2.02. The molecule has 1 fully saturated rings. The molecular weight excluding hydrogens is 246 g/mol. The molecule has 1 saturated heterocycles. The Morgan fingerprint density at radius 2 is 2.05 bits per heavy atom. The van der Waals surface area contributed by atoms with E-state index in [0.717, 1.165) is 32.8 Å². The summed E-state index contributed by atoms with van der Waals surface area (Å²) in [6.07, 6.45) is 0. The monoisotopic (exact) mass is 265 g/mol. The average Bonchev–Trinajstić information content (AvgIpc) is 2.48. The molecule has 1 aliphatic rings. The predicted molar refractivity (Wildman–Crippen MR) is 70.6 cm³/mol. The molecule has 5 heteroatoms. The number of morpholine rings is 1. The maximum absolute atomic E-state index is 11.5. The summed E-state index contributed by atoms with van der Waals surface area (Å²) in [5, 5.41) is 8.91. The number of nitrogens with zero attached hydrogens (tertiary/aromatic N) is 1. The van der Waals surface area contributed by atoms with Crippen molar-refractivity contribution in [2.24, 2.45) is 0 Å². The number of Topliss-reactive ketones (excluding diaryl/α,β-unsaturated/α-hetero) is 1. The number of rotatable bonds is 6. The molecule has 104 valence electrons. The first-order valence-corrected chi connectivity index (χ1v) is 6.47. The van der Waals surface area contributed by atoms with E-state index in [2.05, 4.69) is 4.90 Å². The van der Waals surface area contributed by atoms with Crippen LogP contribution in [0.2, 0.25) is 0 Å². The van der Waals surface area contributed by atoms with Crippen LogP contribution in [0.15, 0.2) is 24.3 Å². The van der Waals surface area contributed by atoms with Gasteiger partial charge in [0.15, 0.2) is 5.78 Å². The first-order chi connectivity index (χ1) is 9.31. The van der Waals surface area contributed by atoms with E-state index >= 15 is 0 Å². The second kappa shape index (κ2) is 7.23. The van der Waals surface area contributed by atoms with Crippen molar-refractivity contribution in [2.75, 3.05) is 46.1 Å². The second-order valence-corrected chi connectivity index (χ2v) is 4.38. The molecule has 0 aliphatic carbocycles. The van der Waals surface area contributed by atoms with Gasteiger partial charge in [0.05, 0.1) is 18.8 Å². The number of hydrogen-bond donors (Lipinski definition) is 1. The van der Waals surface area contributed by atoms with Crippen molar-refractivity contribution >= 4 is 5.78 Å². The highest BCUT2D eigenvalue weighted by molar-refractivity contribution is 5.99. The van der Waals surface area contributed by atoms with E-state index < -0.39 is 6.61 Å². The van der Waals surface area contributed by atoms with E-state index in [1.807, 2.05) is 6.07 Å². The Hall–Kier alpha value is -1.43. The van der Waals surface area contributed by atoms with Gasteiger partial charge in [-0.05, 0) is 12.1 Å². The Kier molecular flexibility index (Phi) is 5.32. The van der Waals surface area contributed by atoms with Crippen molar-refractivity contribution in [3.05, 3.63) is 29.8 Å². The lowest BCUT2D eigenvalue weighted by molar-refractivity contribution is 0.0322. The molecule has 2 rings (SSSR count). The minimum absolute atomic E-state index is 0.318. The molecule has 19 heavy (non-hydrogen) atoms. The maximum atomic E-state index is 11.5. The lowest BCUT2D eigenvalue weighted by Crippen LogP contribution is -2.38. The quantitative estimate of drug-likeness (QED) is 0.762. The van der Waals surface area contributed by atoms with Gasteiger partial charge >= 0.3 is 0 Å². The van der Waals surface area contributed by atoms with Gasteiger partial charge < -0.3 is 14.6 Å². The molecule has 0 atom stereocenters. The Morgan fingerprint density at radius 3 is 2.79 bits per heavy atom. The Morgan fingerprint density at radius 1 is 1.32 bits per heavy atom. The normalized spacial score (nSPS) is 16.3. The highest BCUT2D eigenvalue weighted by Gasteiger charge is 2.12. The zero-order chi connectivity index (χ0) is 13.5. The van der Waals surface area contributed by atoms with Crippen LogP contribution >= 0.6 is 0 Å². The minimum Gasteiger partial charge on any atom is -0.491 e. The van der Waals surface area contributed by atoms with Crippen LogP contribution in [0.3, 0.4) is 0 Å². The van der Waals surface area contributed by atoms with Gasteiger partial charge in [-0.2, -0.15) is 0 Å². The van der Waals surface area contributed by atoms with Gasteiger partial charge in [-0.3, -0.25) is 9.69 Å². The number of hydrogen-bond acceptors (Lipinski definition) is 5. The molecule has 0 bridgehead atoms. The van der Waals surface area contributed by atoms with Gasteiger partial charge in [-0.15, -0.1) is 0 Å². The summed E-state index contributed by atoms with van der Waals surface area (Å²) in [7, 11) is 0. The number of benzene rings is 1. The van der Waals surface area contributed by atoms with Crippen LogP contribution in [0.5, 0.6) is 5.75 Å². The number of para-hydroxylation sites is 1. The predicted octanol–water partition coefficient (Wildman–Crippen LogP) is 0.573. The van der Waals surface area contributed by atoms with Crippen molar-refractivity contribution in [1.82, 2.24) is 4.90 Å². The zero-order valence-corrected chi connectivity index (χ0v) is 10.9. The number of aliphatic hydroxyl groups is 1. The van der Waals surface area contributed by atoms with Crippen LogP contribution in [-0.4, -0.2) is 61.9 Å². The van der Waals surface area contributed by atoms with Gasteiger partial charge in [0, 0.05) is 19.6 Å². The second-order valence-electron chi connectivity index (χ2n) is 4.38. The van der Waals surface area contributed by atoms with Crippen LogP contribution < -0.4 is 4.74 Å². The molecule has 1 N–H and O–H groups in total. The Bertz CT molecular complexity index is 416. The highest BCUT2D eigenvalue weighted by atomic mass is 16.5. The van der Waals surface area contributed by atoms with Crippen molar-refractivity contribution in [3.63, 3.8) is 0 Å².